The first-order valence-electron chi connectivity index (χ1n) is 8.76. The van der Waals surface area contributed by atoms with Crippen LogP contribution < -0.4 is 5.63 Å². The summed E-state index contributed by atoms with van der Waals surface area (Å²) in [6.07, 6.45) is 1.67. The van der Waals surface area contributed by atoms with E-state index < -0.39 is 5.63 Å². The average Bonchev–Trinajstić information content (AvgIpc) is 3.11. The Labute approximate surface area is 154 Å². The molecule has 4 aromatic rings. The monoisotopic (exact) mass is 362 g/mol. The summed E-state index contributed by atoms with van der Waals surface area (Å²) < 4.78 is 11.0. The Balaban J connectivity index is 2.18. The van der Waals surface area contributed by atoms with Gasteiger partial charge in [-0.3, -0.25) is 4.79 Å². The van der Waals surface area contributed by atoms with Crippen molar-refractivity contribution in [3.05, 3.63) is 64.7 Å². The van der Waals surface area contributed by atoms with Crippen LogP contribution in [0.4, 0.5) is 0 Å². The molecule has 5 nitrogen and oxygen atoms in total. The predicted molar refractivity (Wildman–Crippen MR) is 103 cm³/mol. The maximum atomic E-state index is 12.9. The minimum absolute atomic E-state index is 0.0301. The zero-order chi connectivity index (χ0) is 19.1. The van der Waals surface area contributed by atoms with Gasteiger partial charge in [-0.05, 0) is 17.5 Å². The standard InChI is InChI=1S/C22H18O5/c1-12(2)10-16(23)19-20(25)14-8-9-26-21(14)18-15(11-17(24)27-22(18)19)13-6-4-3-5-7-13/h3-9,11-12,25H,10H2,1-2H3. The van der Waals surface area contributed by atoms with E-state index in [1.54, 1.807) is 6.07 Å². The molecule has 1 N–H and O–H groups in total. The van der Waals surface area contributed by atoms with Gasteiger partial charge in [0.2, 0.25) is 0 Å². The van der Waals surface area contributed by atoms with Crippen LogP contribution in [0.25, 0.3) is 33.1 Å². The van der Waals surface area contributed by atoms with Gasteiger partial charge in [0.05, 0.1) is 17.0 Å². The number of phenolic OH excluding ortho intramolecular Hbond substituents is 1. The highest BCUT2D eigenvalue weighted by Crippen LogP contribution is 2.42. The fraction of sp³-hybridized carbons (Fsp3) is 0.182. The molecule has 0 aliphatic heterocycles. The van der Waals surface area contributed by atoms with Crippen molar-refractivity contribution in [1.29, 1.82) is 0 Å². The first kappa shape index (κ1) is 17.1. The maximum absolute atomic E-state index is 12.9. The van der Waals surface area contributed by atoms with Crippen molar-refractivity contribution in [2.45, 2.75) is 20.3 Å². The lowest BCUT2D eigenvalue weighted by Crippen LogP contribution is -2.07. The number of carbonyl (C=O) groups excluding carboxylic acids is 1. The lowest BCUT2D eigenvalue weighted by Gasteiger charge is -2.12. The van der Waals surface area contributed by atoms with E-state index >= 15 is 0 Å². The molecule has 0 aliphatic rings. The number of hydrogen-bond acceptors (Lipinski definition) is 5. The Morgan fingerprint density at radius 1 is 1.11 bits per heavy atom. The van der Waals surface area contributed by atoms with E-state index in [4.69, 9.17) is 8.83 Å². The third-order valence-corrected chi connectivity index (χ3v) is 4.53. The Kier molecular flexibility index (Phi) is 4.07. The van der Waals surface area contributed by atoms with Gasteiger partial charge in [-0.1, -0.05) is 44.2 Å². The van der Waals surface area contributed by atoms with Crippen LogP contribution >= 0.6 is 0 Å². The second-order valence-electron chi connectivity index (χ2n) is 6.96. The van der Waals surface area contributed by atoms with Gasteiger partial charge < -0.3 is 13.9 Å². The number of furan rings is 1. The second kappa shape index (κ2) is 6.43. The largest absolute Gasteiger partial charge is 0.506 e. The Morgan fingerprint density at radius 2 is 1.85 bits per heavy atom. The molecule has 0 radical (unpaired) electrons. The molecule has 2 heterocycles. The van der Waals surface area contributed by atoms with Crippen LogP contribution in [0.5, 0.6) is 5.75 Å². The van der Waals surface area contributed by atoms with Gasteiger partial charge in [-0.2, -0.15) is 0 Å². The molecule has 0 amide bonds. The van der Waals surface area contributed by atoms with Gasteiger partial charge in [-0.25, -0.2) is 4.79 Å². The van der Waals surface area contributed by atoms with E-state index in [-0.39, 0.29) is 35.0 Å². The fourth-order valence-electron chi connectivity index (χ4n) is 3.40. The number of ketones is 1. The fourth-order valence-corrected chi connectivity index (χ4v) is 3.40. The van der Waals surface area contributed by atoms with Crippen molar-refractivity contribution in [3.63, 3.8) is 0 Å². The Hall–Kier alpha value is -3.34. The van der Waals surface area contributed by atoms with Crippen LogP contribution in [0, 0.1) is 5.92 Å². The number of rotatable bonds is 4. The summed E-state index contributed by atoms with van der Waals surface area (Å²) >= 11 is 0. The number of phenols is 1. The van der Waals surface area contributed by atoms with Gasteiger partial charge in [0.15, 0.2) is 11.4 Å². The highest BCUT2D eigenvalue weighted by atomic mass is 16.4. The van der Waals surface area contributed by atoms with Crippen LogP contribution in [-0.2, 0) is 0 Å². The molecular weight excluding hydrogens is 344 g/mol. The number of hydrogen-bond donors (Lipinski definition) is 1. The highest BCUT2D eigenvalue weighted by Gasteiger charge is 2.26. The van der Waals surface area contributed by atoms with Gasteiger partial charge in [0.25, 0.3) is 0 Å². The lowest BCUT2D eigenvalue weighted by molar-refractivity contribution is 0.0966. The molecular formula is C22H18O5. The van der Waals surface area contributed by atoms with E-state index in [9.17, 15) is 14.7 Å². The SMILES string of the molecule is CC(C)CC(=O)c1c(O)c2ccoc2c2c(-c3ccccc3)cc(=O)oc12. The van der Waals surface area contributed by atoms with Crippen molar-refractivity contribution in [1.82, 2.24) is 0 Å². The molecule has 0 spiro atoms. The summed E-state index contributed by atoms with van der Waals surface area (Å²) in [5.41, 5.74) is 1.27. The Bertz CT molecular complexity index is 1210. The second-order valence-corrected chi connectivity index (χ2v) is 6.96. The van der Waals surface area contributed by atoms with Gasteiger partial charge in [0, 0.05) is 18.1 Å². The predicted octanol–water partition coefficient (Wildman–Crippen LogP) is 5.14. The van der Waals surface area contributed by atoms with Crippen molar-refractivity contribution in [3.8, 4) is 16.9 Å². The molecule has 2 aromatic carbocycles. The third-order valence-electron chi connectivity index (χ3n) is 4.53. The minimum atomic E-state index is -0.592. The van der Waals surface area contributed by atoms with E-state index in [1.807, 2.05) is 44.2 Å². The number of benzene rings is 2. The molecule has 2 aromatic heterocycles. The summed E-state index contributed by atoms with van der Waals surface area (Å²) in [6.45, 7) is 3.83. The molecule has 0 saturated heterocycles. The number of fused-ring (bicyclic) bond motifs is 3. The maximum Gasteiger partial charge on any atom is 0.336 e. The molecule has 0 aliphatic carbocycles. The topological polar surface area (TPSA) is 80.6 Å². The van der Waals surface area contributed by atoms with Crippen LogP contribution in [0.1, 0.15) is 30.6 Å². The first-order chi connectivity index (χ1) is 13.0. The van der Waals surface area contributed by atoms with Crippen molar-refractivity contribution >= 4 is 27.7 Å². The quantitative estimate of drug-likeness (QED) is 0.401. The van der Waals surface area contributed by atoms with Crippen molar-refractivity contribution in [2.75, 3.05) is 0 Å². The normalized spacial score (nSPS) is 11.5. The third kappa shape index (κ3) is 2.81. The van der Waals surface area contributed by atoms with Crippen LogP contribution in [0.15, 0.2) is 62.4 Å². The summed E-state index contributed by atoms with van der Waals surface area (Å²) in [4.78, 5) is 25.1. The van der Waals surface area contributed by atoms with E-state index in [0.29, 0.717) is 21.9 Å². The van der Waals surface area contributed by atoms with E-state index in [2.05, 4.69) is 0 Å². The first-order valence-corrected chi connectivity index (χ1v) is 8.76. The molecule has 0 saturated carbocycles. The molecule has 0 atom stereocenters. The van der Waals surface area contributed by atoms with Crippen LogP contribution in [-0.4, -0.2) is 10.9 Å². The number of Topliss-reactive ketones (excluding diaryl/α,β-unsaturated/α-hetero) is 1. The van der Waals surface area contributed by atoms with Crippen molar-refractivity contribution < 1.29 is 18.7 Å². The molecule has 0 unspecified atom stereocenters. The van der Waals surface area contributed by atoms with Gasteiger partial charge >= 0.3 is 5.63 Å². The van der Waals surface area contributed by atoms with Gasteiger partial charge in [-0.15, -0.1) is 0 Å². The molecule has 5 heteroatoms. The van der Waals surface area contributed by atoms with Crippen LogP contribution in [0.3, 0.4) is 0 Å². The summed E-state index contributed by atoms with van der Waals surface area (Å²) in [5, 5.41) is 11.7. The molecule has 136 valence electrons. The number of aromatic hydroxyl groups is 1. The van der Waals surface area contributed by atoms with E-state index in [0.717, 1.165) is 5.56 Å². The van der Waals surface area contributed by atoms with Gasteiger partial charge in [0.1, 0.15) is 16.9 Å². The molecule has 27 heavy (non-hydrogen) atoms. The van der Waals surface area contributed by atoms with Crippen LogP contribution in [0.2, 0.25) is 0 Å². The summed E-state index contributed by atoms with van der Waals surface area (Å²) in [6, 6.07) is 12.3. The van der Waals surface area contributed by atoms with E-state index in [1.165, 1.54) is 12.3 Å². The average molecular weight is 362 g/mol. The Morgan fingerprint density at radius 3 is 2.56 bits per heavy atom. The van der Waals surface area contributed by atoms with Crippen molar-refractivity contribution in [2.24, 2.45) is 5.92 Å². The molecule has 0 fully saturated rings. The summed E-state index contributed by atoms with van der Waals surface area (Å²) in [5.74, 6) is -0.398. The lowest BCUT2D eigenvalue weighted by atomic mass is 9.93. The summed E-state index contributed by atoms with van der Waals surface area (Å²) in [7, 11) is 0. The zero-order valence-electron chi connectivity index (χ0n) is 15.0. The molecule has 0 bridgehead atoms. The molecule has 4 rings (SSSR count). The zero-order valence-corrected chi connectivity index (χ0v) is 15.0. The minimum Gasteiger partial charge on any atom is -0.506 e. The number of carbonyl (C=O) groups is 1. The highest BCUT2D eigenvalue weighted by molar-refractivity contribution is 6.21. The smallest absolute Gasteiger partial charge is 0.336 e.